The fraction of sp³-hybridized carbons (Fsp3) is 1.00. The van der Waals surface area contributed by atoms with Gasteiger partial charge in [0.1, 0.15) is 0 Å². The number of nitrogens with one attached hydrogen (secondary N) is 2. The standard InChI is InChI=1S/C8H16N2O2S/c1-5(2)13(11,12)10-8-6-3-9-4-7(6)8/h5-10H,3-4H2,1-2H3/t6-,7+,8?. The van der Waals surface area contributed by atoms with Gasteiger partial charge < -0.3 is 5.32 Å². The van der Waals surface area contributed by atoms with E-state index in [0.717, 1.165) is 13.1 Å². The van der Waals surface area contributed by atoms with Gasteiger partial charge in [0.15, 0.2) is 0 Å². The van der Waals surface area contributed by atoms with Gasteiger partial charge in [-0.2, -0.15) is 0 Å². The van der Waals surface area contributed by atoms with Crippen LogP contribution in [0.2, 0.25) is 0 Å². The molecule has 0 bridgehead atoms. The minimum absolute atomic E-state index is 0.216. The first kappa shape index (κ1) is 9.43. The molecule has 1 heterocycles. The van der Waals surface area contributed by atoms with Crippen LogP contribution in [-0.4, -0.2) is 32.8 Å². The van der Waals surface area contributed by atoms with Gasteiger partial charge in [0.25, 0.3) is 0 Å². The smallest absolute Gasteiger partial charge is 0.214 e. The highest BCUT2D eigenvalue weighted by atomic mass is 32.2. The van der Waals surface area contributed by atoms with E-state index in [1.165, 1.54) is 0 Å². The van der Waals surface area contributed by atoms with E-state index in [0.29, 0.717) is 11.8 Å². The molecule has 76 valence electrons. The van der Waals surface area contributed by atoms with Gasteiger partial charge in [-0.1, -0.05) is 0 Å². The van der Waals surface area contributed by atoms with Gasteiger partial charge in [-0.05, 0) is 38.8 Å². The molecular formula is C8H16N2O2S. The molecule has 0 aromatic carbocycles. The maximum atomic E-state index is 11.5. The number of hydrogen-bond acceptors (Lipinski definition) is 3. The lowest BCUT2D eigenvalue weighted by Gasteiger charge is -2.10. The summed E-state index contributed by atoms with van der Waals surface area (Å²) in [6.45, 7) is 5.35. The molecule has 5 heteroatoms. The second-order valence-corrected chi connectivity index (χ2v) is 6.49. The van der Waals surface area contributed by atoms with Crippen LogP contribution in [0.4, 0.5) is 0 Å². The van der Waals surface area contributed by atoms with Gasteiger partial charge in [0.2, 0.25) is 10.0 Å². The van der Waals surface area contributed by atoms with Crippen LogP contribution < -0.4 is 10.0 Å². The van der Waals surface area contributed by atoms with E-state index < -0.39 is 10.0 Å². The molecule has 4 nitrogen and oxygen atoms in total. The Bertz CT molecular complexity index is 289. The van der Waals surface area contributed by atoms with Gasteiger partial charge in [-0.25, -0.2) is 13.1 Å². The van der Waals surface area contributed by atoms with Gasteiger partial charge in [0, 0.05) is 6.04 Å². The average molecular weight is 204 g/mol. The normalized spacial score (nSPS) is 37.9. The number of fused-ring (bicyclic) bond motifs is 1. The zero-order chi connectivity index (χ0) is 9.64. The summed E-state index contributed by atoms with van der Waals surface area (Å²) in [5.41, 5.74) is 0. The van der Waals surface area contributed by atoms with E-state index in [-0.39, 0.29) is 11.3 Å². The third-order valence-corrected chi connectivity index (χ3v) is 4.85. The second kappa shape index (κ2) is 2.93. The first-order valence-corrected chi connectivity index (χ1v) is 6.29. The van der Waals surface area contributed by atoms with Crippen molar-refractivity contribution in [1.82, 2.24) is 10.0 Å². The third-order valence-electron chi connectivity index (χ3n) is 3.01. The summed E-state index contributed by atoms with van der Waals surface area (Å²) >= 11 is 0. The first-order valence-electron chi connectivity index (χ1n) is 4.74. The summed E-state index contributed by atoms with van der Waals surface area (Å²) in [6, 6.07) is 0.216. The van der Waals surface area contributed by atoms with Crippen molar-refractivity contribution in [3.8, 4) is 0 Å². The zero-order valence-corrected chi connectivity index (χ0v) is 8.76. The second-order valence-electron chi connectivity index (χ2n) is 4.22. The van der Waals surface area contributed by atoms with E-state index in [1.54, 1.807) is 13.8 Å². The van der Waals surface area contributed by atoms with Crippen LogP contribution in [0.1, 0.15) is 13.8 Å². The predicted molar refractivity (Wildman–Crippen MR) is 50.8 cm³/mol. The van der Waals surface area contributed by atoms with Crippen LogP contribution in [0.25, 0.3) is 0 Å². The Labute approximate surface area is 79.1 Å². The van der Waals surface area contributed by atoms with Crippen LogP contribution >= 0.6 is 0 Å². The lowest BCUT2D eigenvalue weighted by atomic mass is 10.4. The van der Waals surface area contributed by atoms with Crippen LogP contribution in [0.5, 0.6) is 0 Å². The van der Waals surface area contributed by atoms with E-state index in [2.05, 4.69) is 10.0 Å². The maximum Gasteiger partial charge on any atom is 0.214 e. The molecule has 2 aliphatic rings. The molecule has 2 fully saturated rings. The van der Waals surface area contributed by atoms with Gasteiger partial charge in [-0.15, -0.1) is 0 Å². The predicted octanol–water partition coefficient (Wildman–Crippen LogP) is -0.468. The van der Waals surface area contributed by atoms with Gasteiger partial charge >= 0.3 is 0 Å². The Morgan fingerprint density at radius 1 is 1.31 bits per heavy atom. The molecule has 1 aliphatic carbocycles. The van der Waals surface area contributed by atoms with E-state index >= 15 is 0 Å². The summed E-state index contributed by atoms with van der Waals surface area (Å²) in [5.74, 6) is 1.10. The summed E-state index contributed by atoms with van der Waals surface area (Å²) < 4.78 is 25.7. The van der Waals surface area contributed by atoms with Gasteiger partial charge in [0.05, 0.1) is 5.25 Å². The van der Waals surface area contributed by atoms with Crippen LogP contribution in [0.15, 0.2) is 0 Å². The molecule has 1 unspecified atom stereocenters. The molecule has 1 aliphatic heterocycles. The first-order chi connectivity index (χ1) is 6.02. The van der Waals surface area contributed by atoms with Crippen molar-refractivity contribution in [2.24, 2.45) is 11.8 Å². The van der Waals surface area contributed by atoms with Crippen molar-refractivity contribution >= 4 is 10.0 Å². The molecule has 0 amide bonds. The molecule has 1 saturated carbocycles. The Hall–Kier alpha value is -0.130. The van der Waals surface area contributed by atoms with Crippen molar-refractivity contribution in [2.75, 3.05) is 13.1 Å². The molecule has 2 rings (SSSR count). The fourth-order valence-corrected chi connectivity index (χ4v) is 2.92. The quantitative estimate of drug-likeness (QED) is 0.653. The number of rotatable bonds is 3. The Morgan fingerprint density at radius 2 is 1.85 bits per heavy atom. The third kappa shape index (κ3) is 1.60. The molecule has 0 aromatic rings. The maximum absolute atomic E-state index is 11.5. The summed E-state index contributed by atoms with van der Waals surface area (Å²) in [7, 11) is -3.05. The molecule has 3 atom stereocenters. The lowest BCUT2D eigenvalue weighted by molar-refractivity contribution is 0.557. The molecule has 0 radical (unpaired) electrons. The molecular weight excluding hydrogens is 188 g/mol. The lowest BCUT2D eigenvalue weighted by Crippen LogP contribution is -2.36. The van der Waals surface area contributed by atoms with Crippen molar-refractivity contribution in [3.63, 3.8) is 0 Å². The Morgan fingerprint density at radius 3 is 2.31 bits per heavy atom. The molecule has 0 spiro atoms. The zero-order valence-electron chi connectivity index (χ0n) is 7.95. The van der Waals surface area contributed by atoms with Gasteiger partial charge in [-0.3, -0.25) is 0 Å². The minimum atomic E-state index is -3.05. The van der Waals surface area contributed by atoms with Crippen LogP contribution in [-0.2, 0) is 10.0 Å². The highest BCUT2D eigenvalue weighted by Crippen LogP contribution is 2.42. The molecule has 13 heavy (non-hydrogen) atoms. The van der Waals surface area contributed by atoms with Crippen LogP contribution in [0, 0.1) is 11.8 Å². The number of piperidine rings is 1. The Kier molecular flexibility index (Phi) is 2.13. The SMILES string of the molecule is CC(C)S(=O)(=O)NC1[C@H]2CNC[C@@H]12. The van der Waals surface area contributed by atoms with Crippen molar-refractivity contribution in [2.45, 2.75) is 25.1 Å². The minimum Gasteiger partial charge on any atom is -0.316 e. The molecule has 1 saturated heterocycles. The van der Waals surface area contributed by atoms with Crippen LogP contribution in [0.3, 0.4) is 0 Å². The molecule has 0 aromatic heterocycles. The Balaban J connectivity index is 1.94. The summed E-state index contributed by atoms with van der Waals surface area (Å²) in [4.78, 5) is 0. The number of hydrogen-bond donors (Lipinski definition) is 2. The summed E-state index contributed by atoms with van der Waals surface area (Å²) in [5, 5.41) is 2.91. The van der Waals surface area contributed by atoms with E-state index in [1.807, 2.05) is 0 Å². The van der Waals surface area contributed by atoms with E-state index in [4.69, 9.17) is 0 Å². The van der Waals surface area contributed by atoms with E-state index in [9.17, 15) is 8.42 Å². The monoisotopic (exact) mass is 204 g/mol. The van der Waals surface area contributed by atoms with Crippen molar-refractivity contribution < 1.29 is 8.42 Å². The highest BCUT2D eigenvalue weighted by molar-refractivity contribution is 7.90. The fourth-order valence-electron chi connectivity index (χ4n) is 1.92. The average Bonchev–Trinajstić information content (AvgIpc) is 2.49. The van der Waals surface area contributed by atoms with Crippen molar-refractivity contribution in [3.05, 3.63) is 0 Å². The largest absolute Gasteiger partial charge is 0.316 e. The highest BCUT2D eigenvalue weighted by Gasteiger charge is 2.54. The number of sulfonamides is 1. The van der Waals surface area contributed by atoms with Crippen molar-refractivity contribution in [1.29, 1.82) is 0 Å². The topological polar surface area (TPSA) is 58.2 Å². The summed E-state index contributed by atoms with van der Waals surface area (Å²) in [6.07, 6.45) is 0. The molecule has 2 N–H and O–H groups in total.